The van der Waals surface area contributed by atoms with Crippen molar-refractivity contribution < 1.29 is 5.11 Å². The smallest absolute Gasteiger partial charge is 0.0791 e. The minimum absolute atomic E-state index is 0.298. The van der Waals surface area contributed by atoms with E-state index in [2.05, 4.69) is 55.4 Å². The van der Waals surface area contributed by atoms with Crippen molar-refractivity contribution in [3.8, 4) is 0 Å². The van der Waals surface area contributed by atoms with Gasteiger partial charge in [-0.05, 0) is 19.0 Å². The lowest BCUT2D eigenvalue weighted by Crippen LogP contribution is -2.39. The quantitative estimate of drug-likeness (QED) is 0.734. The molecule has 0 saturated carbocycles. The Balaban J connectivity index is 2.19. The molecule has 0 aliphatic heterocycles. The van der Waals surface area contributed by atoms with Crippen LogP contribution in [0.2, 0.25) is 0 Å². The summed E-state index contributed by atoms with van der Waals surface area (Å²) >= 11 is 0. The van der Waals surface area contributed by atoms with Crippen LogP contribution in [0, 0.1) is 0 Å². The third-order valence-corrected chi connectivity index (χ3v) is 2.91. The van der Waals surface area contributed by atoms with Crippen LogP contribution in [0.25, 0.3) is 0 Å². The second kappa shape index (κ2) is 8.25. The fraction of sp³-hybridized carbons (Fsp3) is 0.600. The zero-order chi connectivity index (χ0) is 13.4. The van der Waals surface area contributed by atoms with Gasteiger partial charge in [0, 0.05) is 25.7 Å². The highest BCUT2D eigenvalue weighted by molar-refractivity contribution is 5.14. The number of hydrogen-bond acceptors (Lipinski definition) is 3. The normalized spacial score (nSPS) is 13.2. The van der Waals surface area contributed by atoms with Crippen LogP contribution in [-0.4, -0.2) is 48.8 Å². The van der Waals surface area contributed by atoms with Gasteiger partial charge >= 0.3 is 0 Å². The standard InChI is InChI=1S/C15H26N2O/c1-13(2)16-11-15(18)12-17(3)10-9-14-7-5-4-6-8-14/h4-8,13,15-16,18H,9-12H2,1-3H3. The number of rotatable bonds is 8. The molecule has 0 aromatic heterocycles. The summed E-state index contributed by atoms with van der Waals surface area (Å²) in [4.78, 5) is 2.18. The number of likely N-dealkylation sites (N-methyl/N-ethyl adjacent to an activating group) is 1. The third kappa shape index (κ3) is 6.74. The molecule has 0 bridgehead atoms. The van der Waals surface area contributed by atoms with E-state index in [4.69, 9.17) is 0 Å². The van der Waals surface area contributed by atoms with Crippen LogP contribution in [0.4, 0.5) is 0 Å². The Bertz CT molecular complexity index is 314. The Morgan fingerprint density at radius 2 is 1.89 bits per heavy atom. The van der Waals surface area contributed by atoms with Gasteiger partial charge in [0.2, 0.25) is 0 Å². The average molecular weight is 250 g/mol. The molecule has 0 aliphatic carbocycles. The van der Waals surface area contributed by atoms with E-state index >= 15 is 0 Å². The van der Waals surface area contributed by atoms with Crippen LogP contribution in [-0.2, 0) is 6.42 Å². The summed E-state index contributed by atoms with van der Waals surface area (Å²) < 4.78 is 0. The summed E-state index contributed by atoms with van der Waals surface area (Å²) in [5, 5.41) is 13.1. The molecule has 0 radical (unpaired) electrons. The van der Waals surface area contributed by atoms with E-state index in [-0.39, 0.29) is 6.10 Å². The van der Waals surface area contributed by atoms with E-state index in [1.165, 1.54) is 5.56 Å². The molecule has 2 N–H and O–H groups in total. The number of benzene rings is 1. The lowest BCUT2D eigenvalue weighted by molar-refractivity contribution is 0.122. The monoisotopic (exact) mass is 250 g/mol. The van der Waals surface area contributed by atoms with E-state index in [0.29, 0.717) is 19.1 Å². The number of aliphatic hydroxyl groups excluding tert-OH is 1. The van der Waals surface area contributed by atoms with E-state index in [1.54, 1.807) is 0 Å². The predicted octanol–water partition coefficient (Wildman–Crippen LogP) is 1.52. The minimum atomic E-state index is -0.298. The summed E-state index contributed by atoms with van der Waals surface area (Å²) in [7, 11) is 2.06. The van der Waals surface area contributed by atoms with Gasteiger partial charge in [-0.3, -0.25) is 0 Å². The van der Waals surface area contributed by atoms with Crippen molar-refractivity contribution in [2.45, 2.75) is 32.4 Å². The van der Waals surface area contributed by atoms with E-state index < -0.39 is 0 Å². The first-order valence-corrected chi connectivity index (χ1v) is 6.72. The number of nitrogens with zero attached hydrogens (tertiary/aromatic N) is 1. The second-order valence-corrected chi connectivity index (χ2v) is 5.21. The van der Waals surface area contributed by atoms with Gasteiger partial charge in [-0.25, -0.2) is 0 Å². The highest BCUT2D eigenvalue weighted by Gasteiger charge is 2.08. The van der Waals surface area contributed by atoms with Gasteiger partial charge in [0.25, 0.3) is 0 Å². The summed E-state index contributed by atoms with van der Waals surface area (Å²) in [6.07, 6.45) is 0.731. The van der Waals surface area contributed by atoms with Crippen molar-refractivity contribution in [3.63, 3.8) is 0 Å². The topological polar surface area (TPSA) is 35.5 Å². The first kappa shape index (κ1) is 15.2. The van der Waals surface area contributed by atoms with E-state index in [0.717, 1.165) is 13.0 Å². The Morgan fingerprint density at radius 1 is 1.22 bits per heavy atom. The number of hydrogen-bond donors (Lipinski definition) is 2. The van der Waals surface area contributed by atoms with Crippen LogP contribution in [0.15, 0.2) is 30.3 Å². The summed E-state index contributed by atoms with van der Waals surface area (Å²) in [5.74, 6) is 0. The SMILES string of the molecule is CC(C)NCC(O)CN(C)CCc1ccccc1. The molecule has 0 spiro atoms. The molecule has 1 aromatic rings. The lowest BCUT2D eigenvalue weighted by atomic mass is 10.1. The lowest BCUT2D eigenvalue weighted by Gasteiger charge is -2.21. The van der Waals surface area contributed by atoms with E-state index in [9.17, 15) is 5.11 Å². The molecule has 3 heteroatoms. The molecule has 0 saturated heterocycles. The van der Waals surface area contributed by atoms with Crippen molar-refractivity contribution in [3.05, 3.63) is 35.9 Å². The van der Waals surface area contributed by atoms with Gasteiger partial charge in [0.1, 0.15) is 0 Å². The van der Waals surface area contributed by atoms with Crippen LogP contribution in [0.3, 0.4) is 0 Å². The summed E-state index contributed by atoms with van der Waals surface area (Å²) in [6, 6.07) is 10.9. The van der Waals surface area contributed by atoms with Gasteiger partial charge in [0.15, 0.2) is 0 Å². The molecular weight excluding hydrogens is 224 g/mol. The first-order valence-electron chi connectivity index (χ1n) is 6.72. The summed E-state index contributed by atoms with van der Waals surface area (Å²) in [6.45, 7) is 6.53. The van der Waals surface area contributed by atoms with Crippen molar-refractivity contribution in [2.24, 2.45) is 0 Å². The highest BCUT2D eigenvalue weighted by Crippen LogP contribution is 2.01. The molecule has 1 atom stereocenters. The first-order chi connectivity index (χ1) is 8.58. The zero-order valence-corrected chi connectivity index (χ0v) is 11.8. The molecule has 0 aliphatic rings. The number of nitrogens with one attached hydrogen (secondary N) is 1. The molecule has 3 nitrogen and oxygen atoms in total. The average Bonchev–Trinajstić information content (AvgIpc) is 2.35. The Labute approximate surface area is 111 Å². The van der Waals surface area contributed by atoms with Crippen LogP contribution in [0.5, 0.6) is 0 Å². The van der Waals surface area contributed by atoms with Crippen LogP contribution < -0.4 is 5.32 Å². The van der Waals surface area contributed by atoms with Crippen molar-refractivity contribution in [1.29, 1.82) is 0 Å². The third-order valence-electron chi connectivity index (χ3n) is 2.91. The fourth-order valence-electron chi connectivity index (χ4n) is 1.85. The molecule has 0 amide bonds. The molecule has 1 aromatic carbocycles. The Morgan fingerprint density at radius 3 is 2.50 bits per heavy atom. The van der Waals surface area contributed by atoms with Gasteiger partial charge < -0.3 is 15.3 Å². The number of aliphatic hydroxyl groups is 1. The van der Waals surface area contributed by atoms with Gasteiger partial charge in [-0.1, -0.05) is 44.2 Å². The highest BCUT2D eigenvalue weighted by atomic mass is 16.3. The molecule has 0 fully saturated rings. The van der Waals surface area contributed by atoms with Gasteiger partial charge in [0.05, 0.1) is 6.10 Å². The molecular formula is C15H26N2O. The zero-order valence-electron chi connectivity index (χ0n) is 11.8. The van der Waals surface area contributed by atoms with Crippen molar-refractivity contribution in [2.75, 3.05) is 26.7 Å². The predicted molar refractivity (Wildman–Crippen MR) is 76.8 cm³/mol. The Kier molecular flexibility index (Phi) is 6.94. The molecule has 0 heterocycles. The molecule has 18 heavy (non-hydrogen) atoms. The maximum Gasteiger partial charge on any atom is 0.0791 e. The maximum atomic E-state index is 9.86. The van der Waals surface area contributed by atoms with Crippen LogP contribution >= 0.6 is 0 Å². The minimum Gasteiger partial charge on any atom is -0.390 e. The Hall–Kier alpha value is -0.900. The summed E-state index contributed by atoms with van der Waals surface area (Å²) in [5.41, 5.74) is 1.35. The fourth-order valence-corrected chi connectivity index (χ4v) is 1.85. The van der Waals surface area contributed by atoms with Gasteiger partial charge in [-0.15, -0.1) is 0 Å². The molecule has 1 rings (SSSR count). The van der Waals surface area contributed by atoms with Crippen molar-refractivity contribution in [1.82, 2.24) is 10.2 Å². The van der Waals surface area contributed by atoms with Gasteiger partial charge in [-0.2, -0.15) is 0 Å². The maximum absolute atomic E-state index is 9.86. The molecule has 1 unspecified atom stereocenters. The van der Waals surface area contributed by atoms with Crippen LogP contribution in [0.1, 0.15) is 19.4 Å². The van der Waals surface area contributed by atoms with Crippen molar-refractivity contribution >= 4 is 0 Å². The largest absolute Gasteiger partial charge is 0.390 e. The van der Waals surface area contributed by atoms with E-state index in [1.807, 2.05) is 6.07 Å². The second-order valence-electron chi connectivity index (χ2n) is 5.21. The molecule has 102 valence electrons.